The first-order chi connectivity index (χ1) is 8.50. The van der Waals surface area contributed by atoms with E-state index >= 15 is 0 Å². The highest BCUT2D eigenvalue weighted by atomic mass is 32.1. The van der Waals surface area contributed by atoms with Crippen LogP contribution in [0.2, 0.25) is 0 Å². The van der Waals surface area contributed by atoms with Crippen LogP contribution in [0.15, 0.2) is 5.38 Å². The van der Waals surface area contributed by atoms with Gasteiger partial charge in [0.05, 0.1) is 0 Å². The highest BCUT2D eigenvalue weighted by Crippen LogP contribution is 2.35. The summed E-state index contributed by atoms with van der Waals surface area (Å²) in [7, 11) is 0. The summed E-state index contributed by atoms with van der Waals surface area (Å²) < 4.78 is 0. The fourth-order valence-corrected chi connectivity index (χ4v) is 3.24. The Hall–Kier alpha value is -0.940. The Morgan fingerprint density at radius 2 is 2.44 bits per heavy atom. The zero-order valence-corrected chi connectivity index (χ0v) is 11.8. The van der Waals surface area contributed by atoms with E-state index in [-0.39, 0.29) is 11.9 Å². The van der Waals surface area contributed by atoms with Crippen molar-refractivity contribution in [3.8, 4) is 0 Å². The van der Waals surface area contributed by atoms with Crippen molar-refractivity contribution < 1.29 is 4.79 Å². The Kier molecular flexibility index (Phi) is 4.02. The monoisotopic (exact) mass is 267 g/mol. The molecule has 1 saturated carbocycles. The molecular formula is C13H21N3OS. The molecule has 0 saturated heterocycles. The standard InChI is InChI=1S/C13H21N3OS/c1-13(2)5-3-4-9(6-13)15-12(17)10-8-18-11(7-14)16-10/h8-9H,3-7,14H2,1-2H3,(H,15,17). The summed E-state index contributed by atoms with van der Waals surface area (Å²) >= 11 is 1.44. The van der Waals surface area contributed by atoms with Crippen LogP contribution in [0.5, 0.6) is 0 Å². The highest BCUT2D eigenvalue weighted by molar-refractivity contribution is 7.09. The summed E-state index contributed by atoms with van der Waals surface area (Å²) in [5.74, 6) is -0.0614. The molecule has 0 bridgehead atoms. The number of hydrogen-bond acceptors (Lipinski definition) is 4. The second kappa shape index (κ2) is 5.36. The molecule has 4 nitrogen and oxygen atoms in total. The van der Waals surface area contributed by atoms with Gasteiger partial charge in [-0.2, -0.15) is 0 Å². The zero-order valence-electron chi connectivity index (χ0n) is 11.0. The van der Waals surface area contributed by atoms with Crippen molar-refractivity contribution in [1.82, 2.24) is 10.3 Å². The molecule has 0 radical (unpaired) electrons. The number of hydrogen-bond donors (Lipinski definition) is 2. The largest absolute Gasteiger partial charge is 0.348 e. The number of aromatic nitrogens is 1. The minimum atomic E-state index is -0.0614. The Labute approximate surface area is 112 Å². The first-order valence-corrected chi connectivity index (χ1v) is 7.33. The Balaban J connectivity index is 1.94. The molecule has 1 aromatic heterocycles. The molecule has 0 aliphatic heterocycles. The fraction of sp³-hybridized carbons (Fsp3) is 0.692. The third kappa shape index (κ3) is 3.29. The molecule has 1 amide bonds. The second-order valence-electron chi connectivity index (χ2n) is 5.76. The molecule has 1 fully saturated rings. The SMILES string of the molecule is CC1(C)CCCC(NC(=O)c2csc(CN)n2)C1. The predicted octanol–water partition coefficient (Wildman–Crippen LogP) is 2.30. The number of nitrogens with one attached hydrogen (secondary N) is 1. The number of amides is 1. The van der Waals surface area contributed by atoms with E-state index in [0.29, 0.717) is 17.7 Å². The van der Waals surface area contributed by atoms with Gasteiger partial charge in [0.15, 0.2) is 0 Å². The maximum absolute atomic E-state index is 12.0. The van der Waals surface area contributed by atoms with E-state index in [0.717, 1.165) is 17.8 Å². The quantitative estimate of drug-likeness (QED) is 0.883. The molecule has 1 atom stereocenters. The Morgan fingerprint density at radius 1 is 1.67 bits per heavy atom. The number of nitrogens with zero attached hydrogens (tertiary/aromatic N) is 1. The van der Waals surface area contributed by atoms with Gasteiger partial charge in [0.2, 0.25) is 0 Å². The van der Waals surface area contributed by atoms with Crippen molar-refractivity contribution in [2.45, 2.75) is 52.1 Å². The molecule has 18 heavy (non-hydrogen) atoms. The lowest BCUT2D eigenvalue weighted by molar-refractivity contribution is 0.0898. The minimum absolute atomic E-state index is 0.0614. The molecule has 0 spiro atoms. The van der Waals surface area contributed by atoms with Gasteiger partial charge in [0.25, 0.3) is 5.91 Å². The second-order valence-corrected chi connectivity index (χ2v) is 6.70. The zero-order chi connectivity index (χ0) is 13.2. The van der Waals surface area contributed by atoms with Crippen molar-refractivity contribution in [3.05, 3.63) is 16.1 Å². The van der Waals surface area contributed by atoms with E-state index < -0.39 is 0 Å². The van der Waals surface area contributed by atoms with Crippen LogP contribution in [0, 0.1) is 5.41 Å². The topological polar surface area (TPSA) is 68.0 Å². The van der Waals surface area contributed by atoms with Crippen LogP contribution in [-0.4, -0.2) is 16.9 Å². The lowest BCUT2D eigenvalue weighted by Gasteiger charge is -2.35. The van der Waals surface area contributed by atoms with Crippen molar-refractivity contribution >= 4 is 17.2 Å². The summed E-state index contributed by atoms with van der Waals surface area (Å²) in [5, 5.41) is 5.69. The third-order valence-electron chi connectivity index (χ3n) is 3.50. The van der Waals surface area contributed by atoms with Gasteiger partial charge in [-0.3, -0.25) is 4.79 Å². The van der Waals surface area contributed by atoms with E-state index in [1.165, 1.54) is 24.2 Å². The van der Waals surface area contributed by atoms with Crippen molar-refractivity contribution in [2.75, 3.05) is 0 Å². The van der Waals surface area contributed by atoms with E-state index in [1.54, 1.807) is 5.38 Å². The van der Waals surface area contributed by atoms with Crippen molar-refractivity contribution in [2.24, 2.45) is 11.1 Å². The lowest BCUT2D eigenvalue weighted by Crippen LogP contribution is -2.40. The summed E-state index contributed by atoms with van der Waals surface area (Å²) in [4.78, 5) is 16.3. The molecular weight excluding hydrogens is 246 g/mol. The summed E-state index contributed by atoms with van der Waals surface area (Å²) in [5.41, 5.74) is 6.34. The predicted molar refractivity (Wildman–Crippen MR) is 73.5 cm³/mol. The summed E-state index contributed by atoms with van der Waals surface area (Å²) in [6, 6.07) is 0.282. The van der Waals surface area contributed by atoms with Crippen molar-refractivity contribution in [3.63, 3.8) is 0 Å². The van der Waals surface area contributed by atoms with E-state index in [1.807, 2.05) is 0 Å². The van der Waals surface area contributed by atoms with Gasteiger partial charge >= 0.3 is 0 Å². The first-order valence-electron chi connectivity index (χ1n) is 6.45. The molecule has 3 N–H and O–H groups in total. The number of carbonyl (C=O) groups excluding carboxylic acids is 1. The first kappa shape index (κ1) is 13.5. The lowest BCUT2D eigenvalue weighted by atomic mass is 9.75. The average Bonchev–Trinajstić information content (AvgIpc) is 2.76. The minimum Gasteiger partial charge on any atom is -0.348 e. The number of carbonyl (C=O) groups is 1. The van der Waals surface area contributed by atoms with Crippen LogP contribution >= 0.6 is 11.3 Å². The van der Waals surface area contributed by atoms with Gasteiger partial charge in [0, 0.05) is 18.0 Å². The van der Waals surface area contributed by atoms with Crippen LogP contribution < -0.4 is 11.1 Å². The summed E-state index contributed by atoms with van der Waals surface area (Å²) in [6.07, 6.45) is 4.55. The molecule has 100 valence electrons. The average molecular weight is 267 g/mol. The fourth-order valence-electron chi connectivity index (χ4n) is 2.59. The van der Waals surface area contributed by atoms with Crippen LogP contribution in [0.4, 0.5) is 0 Å². The van der Waals surface area contributed by atoms with Gasteiger partial charge in [-0.15, -0.1) is 11.3 Å². The molecule has 1 aromatic rings. The van der Waals surface area contributed by atoms with Crippen LogP contribution in [0.25, 0.3) is 0 Å². The van der Waals surface area contributed by atoms with Crippen LogP contribution in [0.3, 0.4) is 0 Å². The molecule has 1 aliphatic rings. The maximum atomic E-state index is 12.0. The van der Waals surface area contributed by atoms with Gasteiger partial charge < -0.3 is 11.1 Å². The van der Waals surface area contributed by atoms with Gasteiger partial charge in [-0.25, -0.2) is 4.98 Å². The van der Waals surface area contributed by atoms with Gasteiger partial charge in [0.1, 0.15) is 10.7 Å². The van der Waals surface area contributed by atoms with Crippen LogP contribution in [-0.2, 0) is 6.54 Å². The van der Waals surface area contributed by atoms with Crippen molar-refractivity contribution in [1.29, 1.82) is 0 Å². The van der Waals surface area contributed by atoms with E-state index in [9.17, 15) is 4.79 Å². The van der Waals surface area contributed by atoms with Gasteiger partial charge in [-0.1, -0.05) is 20.3 Å². The molecule has 1 aliphatic carbocycles. The van der Waals surface area contributed by atoms with E-state index in [4.69, 9.17) is 5.73 Å². The smallest absolute Gasteiger partial charge is 0.270 e. The maximum Gasteiger partial charge on any atom is 0.270 e. The Morgan fingerprint density at radius 3 is 3.06 bits per heavy atom. The highest BCUT2D eigenvalue weighted by Gasteiger charge is 2.29. The van der Waals surface area contributed by atoms with Gasteiger partial charge in [-0.05, 0) is 24.7 Å². The number of thiazole rings is 1. The molecule has 5 heteroatoms. The normalized spacial score (nSPS) is 22.7. The number of rotatable bonds is 3. The number of nitrogens with two attached hydrogens (primary N) is 1. The summed E-state index contributed by atoms with van der Waals surface area (Å²) in [6.45, 7) is 4.93. The van der Waals surface area contributed by atoms with Crippen LogP contribution in [0.1, 0.15) is 55.0 Å². The molecule has 0 aromatic carbocycles. The third-order valence-corrected chi connectivity index (χ3v) is 4.37. The van der Waals surface area contributed by atoms with E-state index in [2.05, 4.69) is 24.1 Å². The molecule has 1 heterocycles. The molecule has 1 unspecified atom stereocenters. The molecule has 2 rings (SSSR count). The Bertz CT molecular complexity index is 428.